The fourth-order valence-corrected chi connectivity index (χ4v) is 4.33. The lowest BCUT2D eigenvalue weighted by Gasteiger charge is -2.35. The first-order chi connectivity index (χ1) is 15.1. The fourth-order valence-electron chi connectivity index (χ4n) is 2.89. The highest BCUT2D eigenvalue weighted by Gasteiger charge is 2.44. The quantitative estimate of drug-likeness (QED) is 0.713. The number of halogens is 2. The first kappa shape index (κ1) is 17.5. The number of sulfonamides is 1. The second-order valence-corrected chi connectivity index (χ2v) is 8.55. The van der Waals surface area contributed by atoms with Gasteiger partial charge in [0.05, 0.1) is 40.5 Å². The number of carbonyl (C=O) groups is 1. The van der Waals surface area contributed by atoms with Gasteiger partial charge in [0.15, 0.2) is 5.82 Å². The van der Waals surface area contributed by atoms with Crippen molar-refractivity contribution in [2.24, 2.45) is 10.7 Å². The molecule has 1 aliphatic rings. The average molecular weight is 443 g/mol. The van der Waals surface area contributed by atoms with Gasteiger partial charge in [-0.15, -0.1) is 0 Å². The third-order valence-corrected chi connectivity index (χ3v) is 6.36. The van der Waals surface area contributed by atoms with Crippen LogP contribution < -0.4 is 15.8 Å². The Morgan fingerprint density at radius 3 is 2.70 bits per heavy atom. The molecule has 0 saturated heterocycles. The number of ether oxygens (including phenoxy) is 1. The van der Waals surface area contributed by atoms with Crippen molar-refractivity contribution in [2.75, 3.05) is 25.2 Å². The Labute approximate surface area is 175 Å². The lowest BCUT2D eigenvalue weighted by Crippen LogP contribution is -2.50. The molecule has 13 heteroatoms. The van der Waals surface area contributed by atoms with Gasteiger partial charge in [-0.05, 0) is 19.1 Å². The Morgan fingerprint density at radius 2 is 2.10 bits per heavy atom. The van der Waals surface area contributed by atoms with E-state index in [2.05, 4.69) is 25.0 Å². The van der Waals surface area contributed by atoms with Crippen molar-refractivity contribution in [3.05, 3.63) is 47.4 Å². The normalized spacial score (nSPS) is 22.3. The third kappa shape index (κ3) is 3.75. The third-order valence-electron chi connectivity index (χ3n) is 4.41. The highest BCUT2D eigenvalue weighted by molar-refractivity contribution is 7.89. The Morgan fingerprint density at radius 1 is 1.37 bits per heavy atom. The maximum absolute atomic E-state index is 15.3. The van der Waals surface area contributed by atoms with E-state index in [1.807, 2.05) is 0 Å². The number of nitrogens with two attached hydrogens (primary N) is 1. The van der Waals surface area contributed by atoms with Crippen molar-refractivity contribution < 1.29 is 30.8 Å². The molecule has 0 radical (unpaired) electrons. The molecule has 0 bridgehead atoms. The van der Waals surface area contributed by atoms with Crippen LogP contribution in [0.4, 0.5) is 14.5 Å². The number of carbonyl (C=O) groups excluding carboxylic acids is 1. The van der Waals surface area contributed by atoms with E-state index >= 15 is 4.39 Å². The number of aliphatic imine (C=N–C) groups is 1. The molecule has 30 heavy (non-hydrogen) atoms. The monoisotopic (exact) mass is 443 g/mol. The van der Waals surface area contributed by atoms with Crippen LogP contribution in [0.1, 0.15) is 27.1 Å². The van der Waals surface area contributed by atoms with E-state index in [-0.39, 0.29) is 11.6 Å². The maximum atomic E-state index is 15.3. The van der Waals surface area contributed by atoms with E-state index < -0.39 is 63.1 Å². The van der Waals surface area contributed by atoms with Crippen LogP contribution in [0.5, 0.6) is 5.88 Å². The van der Waals surface area contributed by atoms with E-state index in [0.29, 0.717) is 4.31 Å². The number of aromatic nitrogens is 2. The van der Waals surface area contributed by atoms with Gasteiger partial charge in [0, 0.05) is 7.05 Å². The van der Waals surface area contributed by atoms with Gasteiger partial charge in [0.1, 0.15) is 17.1 Å². The summed E-state index contributed by atoms with van der Waals surface area (Å²) in [4.78, 5) is 23.7. The van der Waals surface area contributed by atoms with E-state index in [4.69, 9.17) is 9.85 Å². The standard InChI is InChI=1S/C17H18F2N6O4S/c1-17(8-30(27,28)25(2)16(20)24-17)13-9(18)4-5-10(14(13)19)23-15(26)11-6-22-12(29-3)7-21-11/h4-7H,8H2,1-3H3,(H2,20,24)(H,23,26)/t17-/m0/s1/i3D3. The minimum absolute atomic E-state index is 0.325. The van der Waals surface area contributed by atoms with Gasteiger partial charge in [0.2, 0.25) is 21.9 Å². The van der Waals surface area contributed by atoms with Gasteiger partial charge in [-0.25, -0.2) is 36.5 Å². The van der Waals surface area contributed by atoms with Gasteiger partial charge < -0.3 is 15.8 Å². The minimum Gasteiger partial charge on any atom is -0.480 e. The minimum atomic E-state index is -4.01. The van der Waals surface area contributed by atoms with Crippen LogP contribution in [0.15, 0.2) is 29.5 Å². The molecule has 0 spiro atoms. The summed E-state index contributed by atoms with van der Waals surface area (Å²) in [6.45, 7) is 1.20. The highest BCUT2D eigenvalue weighted by Crippen LogP contribution is 2.37. The summed E-state index contributed by atoms with van der Waals surface area (Å²) in [6, 6.07) is 1.78. The summed E-state index contributed by atoms with van der Waals surface area (Å²) in [5, 5.41) is 2.18. The zero-order valence-corrected chi connectivity index (χ0v) is 16.5. The first-order valence-electron chi connectivity index (χ1n) is 9.76. The molecule has 0 unspecified atom stereocenters. The fraction of sp³-hybridized carbons (Fsp3) is 0.294. The molecule has 3 rings (SSSR count). The Hall–Kier alpha value is -3.35. The highest BCUT2D eigenvalue weighted by atomic mass is 32.2. The number of hydrogen-bond donors (Lipinski definition) is 2. The van der Waals surface area contributed by atoms with E-state index in [0.717, 1.165) is 31.6 Å². The number of methoxy groups -OCH3 is 1. The molecular formula is C17H18F2N6O4S. The molecule has 0 saturated carbocycles. The van der Waals surface area contributed by atoms with Gasteiger partial charge in [-0.2, -0.15) is 0 Å². The predicted molar refractivity (Wildman–Crippen MR) is 103 cm³/mol. The number of nitrogens with zero attached hydrogens (tertiary/aromatic N) is 4. The number of hydrogen-bond acceptors (Lipinski definition) is 8. The number of rotatable bonds is 4. The Kier molecular flexibility index (Phi) is 4.36. The lowest BCUT2D eigenvalue weighted by molar-refractivity contribution is 0.102. The molecule has 0 aliphatic carbocycles. The van der Waals surface area contributed by atoms with Gasteiger partial charge in [0.25, 0.3) is 5.91 Å². The zero-order valence-electron chi connectivity index (χ0n) is 18.7. The Bertz CT molecular complexity index is 1240. The summed E-state index contributed by atoms with van der Waals surface area (Å²) in [7, 11) is -5.62. The molecule has 1 aliphatic heterocycles. The van der Waals surface area contributed by atoms with Crippen LogP contribution in [0.3, 0.4) is 0 Å². The van der Waals surface area contributed by atoms with Gasteiger partial charge in [-0.1, -0.05) is 0 Å². The summed E-state index contributed by atoms with van der Waals surface area (Å²) < 4.78 is 80.8. The van der Waals surface area contributed by atoms with Crippen LogP contribution in [0.2, 0.25) is 0 Å². The van der Waals surface area contributed by atoms with Crippen LogP contribution >= 0.6 is 0 Å². The van der Waals surface area contributed by atoms with Crippen molar-refractivity contribution in [1.82, 2.24) is 14.3 Å². The van der Waals surface area contributed by atoms with Crippen molar-refractivity contribution in [3.63, 3.8) is 0 Å². The molecule has 160 valence electrons. The average Bonchev–Trinajstić information content (AvgIpc) is 2.67. The van der Waals surface area contributed by atoms with Crippen molar-refractivity contribution >= 4 is 27.6 Å². The lowest BCUT2D eigenvalue weighted by atomic mass is 9.92. The second-order valence-electron chi connectivity index (χ2n) is 6.55. The maximum Gasteiger partial charge on any atom is 0.275 e. The number of guanidine groups is 1. The van der Waals surface area contributed by atoms with Crippen LogP contribution in [-0.4, -0.2) is 54.4 Å². The first-order valence-corrected chi connectivity index (χ1v) is 9.87. The van der Waals surface area contributed by atoms with Crippen molar-refractivity contribution in [2.45, 2.75) is 12.5 Å². The van der Waals surface area contributed by atoms with E-state index in [1.54, 1.807) is 0 Å². The van der Waals surface area contributed by atoms with Crippen LogP contribution in [-0.2, 0) is 15.6 Å². The molecular weight excluding hydrogens is 422 g/mol. The van der Waals surface area contributed by atoms with Crippen LogP contribution in [0, 0.1) is 11.6 Å². The van der Waals surface area contributed by atoms with Gasteiger partial charge >= 0.3 is 0 Å². The molecule has 1 amide bonds. The van der Waals surface area contributed by atoms with Crippen molar-refractivity contribution in [1.29, 1.82) is 0 Å². The molecule has 1 atom stereocenters. The molecule has 2 heterocycles. The van der Waals surface area contributed by atoms with E-state index in [9.17, 15) is 17.6 Å². The van der Waals surface area contributed by atoms with E-state index in [1.165, 1.54) is 6.92 Å². The van der Waals surface area contributed by atoms with Gasteiger partial charge in [-0.3, -0.25) is 4.79 Å². The SMILES string of the molecule is [2H]C([2H])([2H])Oc1cnc(C(=O)Nc2ccc(F)c([C@]3(C)CS(=O)(=O)N(C)C(N)=N3)c2F)cn1. The summed E-state index contributed by atoms with van der Waals surface area (Å²) in [5.41, 5.74) is 2.22. The summed E-state index contributed by atoms with van der Waals surface area (Å²) in [6.07, 6.45) is 1.78. The summed E-state index contributed by atoms with van der Waals surface area (Å²) >= 11 is 0. The number of anilines is 1. The molecule has 3 N–H and O–H groups in total. The molecule has 10 nitrogen and oxygen atoms in total. The van der Waals surface area contributed by atoms with Crippen LogP contribution in [0.25, 0.3) is 0 Å². The molecule has 0 fully saturated rings. The predicted octanol–water partition coefficient (Wildman–Crippen LogP) is 0.821. The molecule has 1 aromatic heterocycles. The number of benzene rings is 1. The zero-order chi connectivity index (χ0) is 24.8. The number of amides is 1. The second kappa shape index (κ2) is 7.48. The topological polar surface area (TPSA) is 140 Å². The Balaban J connectivity index is 1.93. The summed E-state index contributed by atoms with van der Waals surface area (Å²) in [5.74, 6) is -4.88. The van der Waals surface area contributed by atoms with Crippen molar-refractivity contribution in [3.8, 4) is 5.88 Å². The largest absolute Gasteiger partial charge is 0.480 e. The molecule has 1 aromatic carbocycles. The molecule has 2 aromatic rings. The smallest absolute Gasteiger partial charge is 0.275 e. The number of nitrogens with one attached hydrogen (secondary N) is 1.